The van der Waals surface area contributed by atoms with Gasteiger partial charge in [-0.2, -0.15) is 5.10 Å². The lowest BCUT2D eigenvalue weighted by atomic mass is 9.53. The fourth-order valence-electron chi connectivity index (χ4n) is 4.73. The molecule has 0 saturated heterocycles. The average Bonchev–Trinajstić information content (AvgIpc) is 2.44. The molecule has 5 rings (SSSR count). The van der Waals surface area contributed by atoms with Crippen molar-refractivity contribution in [3.63, 3.8) is 0 Å². The molecular formula is C17H20N2O3. The number of carbonyl (C=O) groups excluding carboxylic acids is 1. The number of phenolic OH excluding ortho intramolecular Hbond substituents is 1. The fourth-order valence-corrected chi connectivity index (χ4v) is 4.73. The molecule has 22 heavy (non-hydrogen) atoms. The van der Waals surface area contributed by atoms with E-state index in [1.54, 1.807) is 12.1 Å². The number of carbonyl (C=O) groups is 1. The van der Waals surface area contributed by atoms with Crippen LogP contribution in [0.4, 0.5) is 0 Å². The first-order valence-electron chi connectivity index (χ1n) is 7.92. The maximum Gasteiger partial charge on any atom is 0.271 e. The van der Waals surface area contributed by atoms with Crippen LogP contribution in [0.1, 0.15) is 42.5 Å². The second-order valence-corrected chi connectivity index (χ2v) is 7.10. The minimum Gasteiger partial charge on any atom is -0.508 e. The molecule has 0 aliphatic heterocycles. The first kappa shape index (κ1) is 13.8. The summed E-state index contributed by atoms with van der Waals surface area (Å²) in [6, 6.07) is 6.24. The molecule has 5 heteroatoms. The Morgan fingerprint density at radius 3 is 2.59 bits per heavy atom. The van der Waals surface area contributed by atoms with Crippen molar-refractivity contribution in [3.8, 4) is 5.75 Å². The fraction of sp³-hybridized carbons (Fsp3) is 0.529. The van der Waals surface area contributed by atoms with Gasteiger partial charge in [-0.1, -0.05) is 6.07 Å². The van der Waals surface area contributed by atoms with Crippen LogP contribution in [0.3, 0.4) is 0 Å². The minimum absolute atomic E-state index is 0.0668. The molecule has 5 nitrogen and oxygen atoms in total. The SMILES string of the molecule is O=C(NN=C1[C@@H]2CC3C[C@H]1CC(O)(C3)C2)c1cccc(O)c1. The molecule has 3 N–H and O–H groups in total. The van der Waals surface area contributed by atoms with Gasteiger partial charge in [-0.15, -0.1) is 0 Å². The van der Waals surface area contributed by atoms with Crippen LogP contribution in [-0.4, -0.2) is 27.4 Å². The summed E-state index contributed by atoms with van der Waals surface area (Å²) in [7, 11) is 0. The van der Waals surface area contributed by atoms with Crippen LogP contribution < -0.4 is 5.43 Å². The minimum atomic E-state index is -0.495. The van der Waals surface area contributed by atoms with Crippen molar-refractivity contribution >= 4 is 11.6 Å². The van der Waals surface area contributed by atoms with E-state index in [9.17, 15) is 15.0 Å². The van der Waals surface area contributed by atoms with E-state index < -0.39 is 5.60 Å². The Balaban J connectivity index is 1.51. The second kappa shape index (κ2) is 4.81. The molecule has 4 saturated carbocycles. The van der Waals surface area contributed by atoms with Gasteiger partial charge in [-0.05, 0) is 56.2 Å². The van der Waals surface area contributed by atoms with Crippen molar-refractivity contribution in [2.45, 2.75) is 37.7 Å². The van der Waals surface area contributed by atoms with Crippen LogP contribution in [0, 0.1) is 17.8 Å². The number of benzene rings is 1. The van der Waals surface area contributed by atoms with E-state index in [1.165, 1.54) is 12.1 Å². The highest BCUT2D eigenvalue weighted by molar-refractivity contribution is 5.97. The van der Waals surface area contributed by atoms with Crippen LogP contribution in [0.5, 0.6) is 5.75 Å². The van der Waals surface area contributed by atoms with E-state index in [-0.39, 0.29) is 11.7 Å². The lowest BCUT2D eigenvalue weighted by Crippen LogP contribution is -2.55. The Labute approximate surface area is 129 Å². The number of hydrogen-bond acceptors (Lipinski definition) is 4. The highest BCUT2D eigenvalue weighted by Gasteiger charge is 2.53. The van der Waals surface area contributed by atoms with E-state index in [0.29, 0.717) is 23.3 Å². The molecule has 0 aromatic heterocycles. The van der Waals surface area contributed by atoms with Gasteiger partial charge >= 0.3 is 0 Å². The molecule has 116 valence electrons. The maximum absolute atomic E-state index is 12.1. The number of phenols is 1. The van der Waals surface area contributed by atoms with Gasteiger partial charge in [-0.3, -0.25) is 4.79 Å². The summed E-state index contributed by atoms with van der Waals surface area (Å²) in [4.78, 5) is 12.1. The van der Waals surface area contributed by atoms with Crippen molar-refractivity contribution in [2.24, 2.45) is 22.9 Å². The molecule has 0 spiro atoms. The van der Waals surface area contributed by atoms with Gasteiger partial charge < -0.3 is 10.2 Å². The molecular weight excluding hydrogens is 280 g/mol. The molecule has 0 radical (unpaired) electrons. The molecule has 1 amide bonds. The number of aromatic hydroxyl groups is 1. The molecule has 1 aromatic rings. The van der Waals surface area contributed by atoms with Crippen molar-refractivity contribution in [1.82, 2.24) is 5.43 Å². The summed E-state index contributed by atoms with van der Waals surface area (Å²) in [5, 5.41) is 24.3. The Morgan fingerprint density at radius 2 is 1.95 bits per heavy atom. The molecule has 2 unspecified atom stereocenters. The number of nitrogens with zero attached hydrogens (tertiary/aromatic N) is 1. The van der Waals surface area contributed by atoms with E-state index in [0.717, 1.165) is 37.8 Å². The predicted molar refractivity (Wildman–Crippen MR) is 81.5 cm³/mol. The highest BCUT2D eigenvalue weighted by Crippen LogP contribution is 2.54. The number of rotatable bonds is 2. The third-order valence-corrected chi connectivity index (χ3v) is 5.39. The average molecular weight is 300 g/mol. The van der Waals surface area contributed by atoms with Crippen molar-refractivity contribution in [2.75, 3.05) is 0 Å². The summed E-state index contributed by atoms with van der Waals surface area (Å²) in [5.74, 6) is 0.984. The zero-order valence-corrected chi connectivity index (χ0v) is 12.3. The Morgan fingerprint density at radius 1 is 1.23 bits per heavy atom. The number of hydrogen-bond donors (Lipinski definition) is 3. The van der Waals surface area contributed by atoms with Gasteiger partial charge in [0.25, 0.3) is 5.91 Å². The highest BCUT2D eigenvalue weighted by atomic mass is 16.3. The van der Waals surface area contributed by atoms with Gasteiger partial charge in [0.05, 0.1) is 5.60 Å². The van der Waals surface area contributed by atoms with Crippen molar-refractivity contribution < 1.29 is 15.0 Å². The Bertz CT molecular complexity index is 637. The van der Waals surface area contributed by atoms with Gasteiger partial charge in [0, 0.05) is 23.1 Å². The van der Waals surface area contributed by atoms with E-state index >= 15 is 0 Å². The molecule has 4 fully saturated rings. The van der Waals surface area contributed by atoms with Crippen LogP contribution in [0.2, 0.25) is 0 Å². The zero-order valence-electron chi connectivity index (χ0n) is 12.3. The monoisotopic (exact) mass is 300 g/mol. The number of hydrazone groups is 1. The molecule has 1 aromatic carbocycles. The van der Waals surface area contributed by atoms with Crippen LogP contribution in [0.15, 0.2) is 29.4 Å². The van der Waals surface area contributed by atoms with Gasteiger partial charge in [0.2, 0.25) is 0 Å². The normalized spacial score (nSPS) is 37.5. The third-order valence-electron chi connectivity index (χ3n) is 5.39. The largest absolute Gasteiger partial charge is 0.508 e. The van der Waals surface area contributed by atoms with Gasteiger partial charge in [-0.25, -0.2) is 5.43 Å². The summed E-state index contributed by atoms with van der Waals surface area (Å²) in [6.45, 7) is 0. The standard InChI is InChI=1S/C17H20N2O3/c20-14-3-1-2-11(6-14)16(21)19-18-15-12-4-10-5-13(15)9-17(22,7-10)8-12/h1-3,6,10,12-13,20,22H,4-5,7-9H2,(H,19,21)/t10?,12-,13+,17?. The smallest absolute Gasteiger partial charge is 0.271 e. The van der Waals surface area contributed by atoms with E-state index in [4.69, 9.17) is 0 Å². The summed E-state index contributed by atoms with van der Waals surface area (Å²) >= 11 is 0. The molecule has 4 bridgehead atoms. The number of nitrogens with one attached hydrogen (secondary N) is 1. The summed E-state index contributed by atoms with van der Waals surface area (Å²) < 4.78 is 0. The van der Waals surface area contributed by atoms with Crippen LogP contribution >= 0.6 is 0 Å². The van der Waals surface area contributed by atoms with Crippen LogP contribution in [0.25, 0.3) is 0 Å². The molecule has 4 aliphatic rings. The van der Waals surface area contributed by atoms with E-state index in [1.807, 2.05) is 0 Å². The maximum atomic E-state index is 12.1. The Kier molecular flexibility index (Phi) is 3.01. The topological polar surface area (TPSA) is 81.9 Å². The first-order chi connectivity index (χ1) is 10.5. The van der Waals surface area contributed by atoms with Crippen LogP contribution in [-0.2, 0) is 0 Å². The summed E-state index contributed by atoms with van der Waals surface area (Å²) in [5.41, 5.74) is 3.57. The van der Waals surface area contributed by atoms with Crippen molar-refractivity contribution in [3.05, 3.63) is 29.8 Å². The molecule has 0 heterocycles. The predicted octanol–water partition coefficient (Wildman–Crippen LogP) is 2.05. The molecule has 4 aliphatic carbocycles. The Hall–Kier alpha value is -1.88. The lowest BCUT2D eigenvalue weighted by molar-refractivity contribution is -0.0825. The lowest BCUT2D eigenvalue weighted by Gasteiger charge is -2.54. The molecule has 4 atom stereocenters. The second-order valence-electron chi connectivity index (χ2n) is 7.10. The number of aliphatic hydroxyl groups is 1. The van der Waals surface area contributed by atoms with Gasteiger partial charge in [0.1, 0.15) is 5.75 Å². The van der Waals surface area contributed by atoms with Crippen molar-refractivity contribution in [1.29, 1.82) is 0 Å². The van der Waals surface area contributed by atoms with E-state index in [2.05, 4.69) is 10.5 Å². The quantitative estimate of drug-likeness (QED) is 0.731. The van der Waals surface area contributed by atoms with Gasteiger partial charge in [0.15, 0.2) is 0 Å². The summed E-state index contributed by atoms with van der Waals surface area (Å²) in [6.07, 6.45) is 4.66. The first-order valence-corrected chi connectivity index (χ1v) is 7.92. The zero-order chi connectivity index (χ0) is 15.3. The number of amides is 1. The third kappa shape index (κ3) is 2.29.